The average molecular weight is 242 g/mol. The van der Waals surface area contributed by atoms with E-state index >= 15 is 0 Å². The highest BCUT2D eigenvalue weighted by Crippen LogP contribution is 2.17. The number of carbonyl (C=O) groups is 1. The molecule has 0 aromatic rings. The fourth-order valence-electron chi connectivity index (χ4n) is 2.49. The smallest absolute Gasteiger partial charge is 0.224 e. The highest BCUT2D eigenvalue weighted by atomic mass is 16.5. The summed E-state index contributed by atoms with van der Waals surface area (Å²) < 4.78 is 5.17. The van der Waals surface area contributed by atoms with E-state index in [1.54, 1.807) is 7.11 Å². The summed E-state index contributed by atoms with van der Waals surface area (Å²) in [6.07, 6.45) is 4.72. The fraction of sp³-hybridized carbons (Fsp3) is 0.923. The Bertz CT molecular complexity index is 231. The van der Waals surface area contributed by atoms with Crippen LogP contribution >= 0.6 is 0 Å². The van der Waals surface area contributed by atoms with Crippen molar-refractivity contribution in [3.8, 4) is 0 Å². The minimum atomic E-state index is 0.0234. The molecule has 1 aliphatic rings. The molecule has 2 N–H and O–H groups in total. The zero-order valence-corrected chi connectivity index (χ0v) is 11.2. The Labute approximate surface area is 104 Å². The number of likely N-dealkylation sites (tertiary alicyclic amines) is 1. The van der Waals surface area contributed by atoms with Crippen molar-refractivity contribution in [3.63, 3.8) is 0 Å². The van der Waals surface area contributed by atoms with Crippen LogP contribution in [0, 0.1) is 5.92 Å². The van der Waals surface area contributed by atoms with E-state index in [0.717, 1.165) is 39.0 Å². The third-order valence-corrected chi connectivity index (χ3v) is 3.37. The van der Waals surface area contributed by atoms with Gasteiger partial charge in [0.1, 0.15) is 0 Å². The number of methoxy groups -OCH3 is 1. The first-order valence-corrected chi connectivity index (χ1v) is 6.69. The lowest BCUT2D eigenvalue weighted by atomic mass is 9.98. The summed E-state index contributed by atoms with van der Waals surface area (Å²) in [5, 5.41) is 0. The molecule has 1 amide bonds. The number of nitrogens with zero attached hydrogens (tertiary/aromatic N) is 1. The monoisotopic (exact) mass is 242 g/mol. The van der Waals surface area contributed by atoms with Gasteiger partial charge >= 0.3 is 0 Å². The number of carbonyl (C=O) groups excluding carboxylic acids is 1. The molecule has 0 spiro atoms. The first-order chi connectivity index (χ1) is 8.17. The SMILES string of the molecule is CCCC(N)CC(=O)N1CCCC(COC)C1. The molecule has 2 unspecified atom stereocenters. The lowest BCUT2D eigenvalue weighted by molar-refractivity contribution is -0.133. The minimum Gasteiger partial charge on any atom is -0.384 e. The van der Waals surface area contributed by atoms with Gasteiger partial charge in [0.05, 0.1) is 6.61 Å². The summed E-state index contributed by atoms with van der Waals surface area (Å²) in [6.45, 7) is 4.58. The van der Waals surface area contributed by atoms with Crippen molar-refractivity contribution in [2.45, 2.75) is 45.1 Å². The first-order valence-electron chi connectivity index (χ1n) is 6.69. The number of piperidine rings is 1. The molecular formula is C13H26N2O2. The second-order valence-electron chi connectivity index (χ2n) is 5.06. The summed E-state index contributed by atoms with van der Waals surface area (Å²) in [4.78, 5) is 14.0. The van der Waals surface area contributed by atoms with Crippen LogP contribution in [0.3, 0.4) is 0 Å². The van der Waals surface area contributed by atoms with E-state index in [1.807, 2.05) is 4.90 Å². The summed E-state index contributed by atoms with van der Waals surface area (Å²) in [5.74, 6) is 0.715. The number of ether oxygens (including phenoxy) is 1. The van der Waals surface area contributed by atoms with Crippen molar-refractivity contribution in [1.29, 1.82) is 0 Å². The van der Waals surface area contributed by atoms with E-state index in [0.29, 0.717) is 12.3 Å². The van der Waals surface area contributed by atoms with Gasteiger partial charge in [0.25, 0.3) is 0 Å². The Hall–Kier alpha value is -0.610. The molecule has 4 heteroatoms. The topological polar surface area (TPSA) is 55.6 Å². The predicted octanol–water partition coefficient (Wildman–Crippen LogP) is 1.39. The van der Waals surface area contributed by atoms with Crippen LogP contribution in [0.25, 0.3) is 0 Å². The second-order valence-corrected chi connectivity index (χ2v) is 5.06. The Kier molecular flexibility index (Phi) is 6.52. The van der Waals surface area contributed by atoms with Crippen LogP contribution in [0.4, 0.5) is 0 Å². The molecule has 1 aliphatic heterocycles. The molecule has 0 aliphatic carbocycles. The van der Waals surface area contributed by atoms with Crippen molar-refractivity contribution >= 4 is 5.91 Å². The normalized spacial score (nSPS) is 22.5. The standard InChI is InChI=1S/C13H26N2O2/c1-3-5-12(14)8-13(16)15-7-4-6-11(9-15)10-17-2/h11-12H,3-10,14H2,1-2H3. The molecule has 0 aromatic heterocycles. The number of rotatable bonds is 6. The predicted molar refractivity (Wildman–Crippen MR) is 68.7 cm³/mol. The molecular weight excluding hydrogens is 216 g/mol. The summed E-state index contributed by atoms with van der Waals surface area (Å²) in [6, 6.07) is 0.0234. The molecule has 1 saturated heterocycles. The largest absolute Gasteiger partial charge is 0.384 e. The molecule has 0 radical (unpaired) electrons. The Morgan fingerprint density at radius 1 is 1.59 bits per heavy atom. The summed E-state index contributed by atoms with van der Waals surface area (Å²) >= 11 is 0. The maximum atomic E-state index is 12.0. The van der Waals surface area contributed by atoms with Gasteiger partial charge in [-0.1, -0.05) is 13.3 Å². The molecule has 1 fully saturated rings. The van der Waals surface area contributed by atoms with Crippen molar-refractivity contribution in [3.05, 3.63) is 0 Å². The molecule has 0 saturated carbocycles. The van der Waals surface area contributed by atoms with Gasteiger partial charge < -0.3 is 15.4 Å². The number of amides is 1. The van der Waals surface area contributed by atoms with Gasteiger partial charge in [-0.05, 0) is 25.2 Å². The van der Waals surface area contributed by atoms with E-state index < -0.39 is 0 Å². The maximum Gasteiger partial charge on any atom is 0.224 e. The fourth-order valence-corrected chi connectivity index (χ4v) is 2.49. The number of hydrogen-bond donors (Lipinski definition) is 1. The number of hydrogen-bond acceptors (Lipinski definition) is 3. The molecule has 17 heavy (non-hydrogen) atoms. The summed E-state index contributed by atoms with van der Waals surface area (Å²) in [7, 11) is 1.72. The Morgan fingerprint density at radius 3 is 3.00 bits per heavy atom. The molecule has 1 rings (SSSR count). The Balaban J connectivity index is 2.35. The number of nitrogens with two attached hydrogens (primary N) is 1. The van der Waals surface area contributed by atoms with Gasteiger partial charge in [-0.2, -0.15) is 0 Å². The third-order valence-electron chi connectivity index (χ3n) is 3.37. The van der Waals surface area contributed by atoms with Crippen molar-refractivity contribution in [2.75, 3.05) is 26.8 Å². The maximum absolute atomic E-state index is 12.0. The first kappa shape index (κ1) is 14.5. The van der Waals surface area contributed by atoms with Crippen LogP contribution < -0.4 is 5.73 Å². The molecule has 100 valence electrons. The van der Waals surface area contributed by atoms with Crippen molar-refractivity contribution in [2.24, 2.45) is 11.7 Å². The van der Waals surface area contributed by atoms with Gasteiger partial charge in [0.15, 0.2) is 0 Å². The highest BCUT2D eigenvalue weighted by Gasteiger charge is 2.24. The van der Waals surface area contributed by atoms with Crippen molar-refractivity contribution < 1.29 is 9.53 Å². The van der Waals surface area contributed by atoms with Gasteiger partial charge in [0, 0.05) is 32.7 Å². The lowest BCUT2D eigenvalue weighted by Gasteiger charge is -2.33. The average Bonchev–Trinajstić information content (AvgIpc) is 2.30. The van der Waals surface area contributed by atoms with Crippen LogP contribution in [0.2, 0.25) is 0 Å². The van der Waals surface area contributed by atoms with Crippen LogP contribution in [0.1, 0.15) is 39.0 Å². The van der Waals surface area contributed by atoms with E-state index in [4.69, 9.17) is 10.5 Å². The van der Waals surface area contributed by atoms with Crippen LogP contribution in [0.15, 0.2) is 0 Å². The molecule has 1 heterocycles. The molecule has 4 nitrogen and oxygen atoms in total. The van der Waals surface area contributed by atoms with Crippen LogP contribution in [0.5, 0.6) is 0 Å². The molecule has 0 bridgehead atoms. The zero-order chi connectivity index (χ0) is 12.7. The van der Waals surface area contributed by atoms with Crippen LogP contribution in [-0.4, -0.2) is 43.7 Å². The summed E-state index contributed by atoms with van der Waals surface area (Å²) in [5.41, 5.74) is 5.91. The highest BCUT2D eigenvalue weighted by molar-refractivity contribution is 5.76. The van der Waals surface area contributed by atoms with E-state index in [-0.39, 0.29) is 11.9 Å². The molecule has 0 aromatic carbocycles. The Morgan fingerprint density at radius 2 is 2.35 bits per heavy atom. The van der Waals surface area contributed by atoms with Gasteiger partial charge in [0.2, 0.25) is 5.91 Å². The van der Waals surface area contributed by atoms with Gasteiger partial charge in [-0.3, -0.25) is 4.79 Å². The van der Waals surface area contributed by atoms with E-state index in [2.05, 4.69) is 6.92 Å². The van der Waals surface area contributed by atoms with Gasteiger partial charge in [-0.25, -0.2) is 0 Å². The van der Waals surface area contributed by atoms with E-state index in [9.17, 15) is 4.79 Å². The quantitative estimate of drug-likeness (QED) is 0.765. The zero-order valence-electron chi connectivity index (χ0n) is 11.2. The lowest BCUT2D eigenvalue weighted by Crippen LogP contribution is -2.43. The van der Waals surface area contributed by atoms with Crippen molar-refractivity contribution in [1.82, 2.24) is 4.90 Å². The minimum absolute atomic E-state index is 0.0234. The third kappa shape index (κ3) is 5.04. The second kappa shape index (κ2) is 7.67. The van der Waals surface area contributed by atoms with Crippen LogP contribution in [-0.2, 0) is 9.53 Å². The van der Waals surface area contributed by atoms with Gasteiger partial charge in [-0.15, -0.1) is 0 Å². The van der Waals surface area contributed by atoms with E-state index in [1.165, 1.54) is 6.42 Å². The molecule has 2 atom stereocenters.